The molecule has 2 aromatic rings. The van der Waals surface area contributed by atoms with Crippen LogP contribution in [0.15, 0.2) is 45.2 Å². The van der Waals surface area contributed by atoms with Gasteiger partial charge in [0.05, 0.1) is 11.5 Å². The highest BCUT2D eigenvalue weighted by Gasteiger charge is 2.43. The third-order valence-corrected chi connectivity index (χ3v) is 4.83. The summed E-state index contributed by atoms with van der Waals surface area (Å²) in [6.45, 7) is 3.92. The summed E-state index contributed by atoms with van der Waals surface area (Å²) in [7, 11) is 0. The molecule has 0 bridgehead atoms. The van der Waals surface area contributed by atoms with Crippen LogP contribution in [-0.4, -0.2) is 15.8 Å². The molecule has 6 nitrogen and oxygen atoms in total. The van der Waals surface area contributed by atoms with E-state index in [1.165, 1.54) is 24.3 Å². The average Bonchev–Trinajstić information content (AvgIpc) is 2.52. The normalized spacial score (nSPS) is 21.0. The number of H-pyrrole nitrogens is 2. The molecule has 1 atom stereocenters. The largest absolute Gasteiger partial charge is 0.444 e. The summed E-state index contributed by atoms with van der Waals surface area (Å²) >= 11 is 0. The Bertz CT molecular complexity index is 1060. The molecule has 0 radical (unpaired) electrons. The second-order valence-corrected chi connectivity index (χ2v) is 7.52. The number of allylic oxidation sites excluding steroid dienone is 2. The molecular formula is C19H17FN2O4. The first-order chi connectivity index (χ1) is 12.2. The first kappa shape index (κ1) is 16.5. The molecule has 7 heteroatoms. The lowest BCUT2D eigenvalue weighted by Gasteiger charge is -2.37. The molecule has 0 fully saturated rings. The predicted octanol–water partition coefficient (Wildman–Crippen LogP) is 2.37. The third kappa shape index (κ3) is 2.60. The standard InChI is InChI=1S/C19H17FN2O4/c1-19(2)7-11(23)14-12(8-19)26-17-15(16(24)21-18(25)22-17)13(14)9-3-5-10(20)6-4-9/h3-6,13H,7-8H2,1-2H3,(H2,21,22,24,25). The Morgan fingerprint density at radius 3 is 2.46 bits per heavy atom. The van der Waals surface area contributed by atoms with Crippen molar-refractivity contribution in [3.05, 3.63) is 73.4 Å². The van der Waals surface area contributed by atoms with Gasteiger partial charge in [0.1, 0.15) is 11.6 Å². The van der Waals surface area contributed by atoms with Crippen molar-refractivity contribution in [1.82, 2.24) is 9.97 Å². The quantitative estimate of drug-likeness (QED) is 0.820. The number of benzene rings is 1. The zero-order valence-electron chi connectivity index (χ0n) is 14.3. The number of aromatic amines is 2. The second-order valence-electron chi connectivity index (χ2n) is 7.52. The number of fused-ring (bicyclic) bond motifs is 1. The number of Topliss-reactive ketones (excluding diaryl/α,β-unsaturated/α-hetero) is 1. The van der Waals surface area contributed by atoms with Crippen LogP contribution < -0.4 is 16.0 Å². The Hall–Kier alpha value is -2.96. The van der Waals surface area contributed by atoms with Crippen molar-refractivity contribution >= 4 is 5.78 Å². The maximum Gasteiger partial charge on any atom is 0.328 e. The Labute approximate surface area is 147 Å². The molecule has 1 aliphatic heterocycles. The zero-order valence-corrected chi connectivity index (χ0v) is 14.3. The maximum absolute atomic E-state index is 13.4. The molecule has 1 aromatic heterocycles. The number of carbonyl (C=O) groups is 1. The molecule has 26 heavy (non-hydrogen) atoms. The van der Waals surface area contributed by atoms with Gasteiger partial charge in [0, 0.05) is 18.4 Å². The molecule has 2 N–H and O–H groups in total. The van der Waals surface area contributed by atoms with Crippen LogP contribution in [0.3, 0.4) is 0 Å². The number of halogens is 1. The minimum Gasteiger partial charge on any atom is -0.444 e. The first-order valence-electron chi connectivity index (χ1n) is 8.31. The lowest BCUT2D eigenvalue weighted by atomic mass is 9.70. The second kappa shape index (κ2) is 5.52. The highest BCUT2D eigenvalue weighted by molar-refractivity contribution is 6.00. The molecular weight excluding hydrogens is 339 g/mol. The van der Waals surface area contributed by atoms with E-state index in [0.717, 1.165) is 0 Å². The van der Waals surface area contributed by atoms with Gasteiger partial charge in [0.15, 0.2) is 5.78 Å². The minimum atomic E-state index is -0.710. The minimum absolute atomic E-state index is 0.0392. The maximum atomic E-state index is 13.4. The van der Waals surface area contributed by atoms with Crippen molar-refractivity contribution in [3.8, 4) is 5.88 Å². The number of carbonyl (C=O) groups excluding carboxylic acids is 1. The molecule has 0 amide bonds. The predicted molar refractivity (Wildman–Crippen MR) is 91.6 cm³/mol. The molecule has 2 heterocycles. The van der Waals surface area contributed by atoms with Crippen molar-refractivity contribution in [2.75, 3.05) is 0 Å². The van der Waals surface area contributed by atoms with E-state index in [2.05, 4.69) is 9.97 Å². The number of aromatic nitrogens is 2. The van der Waals surface area contributed by atoms with Gasteiger partial charge in [-0.3, -0.25) is 19.6 Å². The Balaban J connectivity index is 2.00. The molecule has 2 aliphatic rings. The Morgan fingerprint density at radius 2 is 1.77 bits per heavy atom. The van der Waals surface area contributed by atoms with E-state index in [-0.39, 0.29) is 22.6 Å². The SMILES string of the molecule is CC1(C)CC(=O)C2=C(C1)Oc1[nH]c(=O)[nH]c(=O)c1C2c1ccc(F)cc1. The van der Waals surface area contributed by atoms with Crippen molar-refractivity contribution in [2.24, 2.45) is 5.41 Å². The summed E-state index contributed by atoms with van der Waals surface area (Å²) in [5.41, 5.74) is -0.445. The van der Waals surface area contributed by atoms with Crippen molar-refractivity contribution < 1.29 is 13.9 Å². The van der Waals surface area contributed by atoms with Crippen molar-refractivity contribution in [3.63, 3.8) is 0 Å². The van der Waals surface area contributed by atoms with Crippen LogP contribution in [0.2, 0.25) is 0 Å². The van der Waals surface area contributed by atoms with E-state index in [0.29, 0.717) is 29.7 Å². The average molecular weight is 356 g/mol. The van der Waals surface area contributed by atoms with Crippen molar-refractivity contribution in [1.29, 1.82) is 0 Å². The van der Waals surface area contributed by atoms with E-state index in [4.69, 9.17) is 4.74 Å². The van der Waals surface area contributed by atoms with Gasteiger partial charge >= 0.3 is 5.69 Å². The van der Waals surface area contributed by atoms with Crippen molar-refractivity contribution in [2.45, 2.75) is 32.6 Å². The summed E-state index contributed by atoms with van der Waals surface area (Å²) < 4.78 is 19.2. The molecule has 1 unspecified atom stereocenters. The molecule has 0 saturated heterocycles. The molecule has 1 aromatic carbocycles. The van der Waals surface area contributed by atoms with Crippen LogP contribution in [0.1, 0.15) is 43.7 Å². The summed E-state index contributed by atoms with van der Waals surface area (Å²) in [5, 5.41) is 0. The van der Waals surface area contributed by atoms with Crippen LogP contribution in [-0.2, 0) is 4.79 Å². The van der Waals surface area contributed by atoms with Gasteiger partial charge < -0.3 is 4.74 Å². The van der Waals surface area contributed by atoms with Crippen LogP contribution in [0.25, 0.3) is 0 Å². The number of rotatable bonds is 1. The van der Waals surface area contributed by atoms with Gasteiger partial charge in [0.25, 0.3) is 5.56 Å². The number of hydrogen-bond acceptors (Lipinski definition) is 4. The molecule has 134 valence electrons. The zero-order chi connectivity index (χ0) is 18.6. The number of hydrogen-bond donors (Lipinski definition) is 2. The van der Waals surface area contributed by atoms with Gasteiger partial charge in [0.2, 0.25) is 5.88 Å². The lowest BCUT2D eigenvalue weighted by Crippen LogP contribution is -2.37. The highest BCUT2D eigenvalue weighted by atomic mass is 19.1. The van der Waals surface area contributed by atoms with E-state index in [1.807, 2.05) is 13.8 Å². The molecule has 4 rings (SSSR count). The summed E-state index contributed by atoms with van der Waals surface area (Å²) in [6.07, 6.45) is 0.823. The van der Waals surface area contributed by atoms with Crippen LogP contribution in [0.4, 0.5) is 4.39 Å². The summed E-state index contributed by atoms with van der Waals surface area (Å²) in [6, 6.07) is 5.64. The van der Waals surface area contributed by atoms with Gasteiger partial charge in [-0.15, -0.1) is 0 Å². The van der Waals surface area contributed by atoms with E-state index < -0.39 is 23.0 Å². The fraction of sp³-hybridized carbons (Fsp3) is 0.316. The Kier molecular flexibility index (Phi) is 3.50. The lowest BCUT2D eigenvalue weighted by molar-refractivity contribution is -0.118. The fourth-order valence-electron chi connectivity index (χ4n) is 3.76. The van der Waals surface area contributed by atoms with Crippen LogP contribution in [0, 0.1) is 11.2 Å². The molecule has 0 spiro atoms. The van der Waals surface area contributed by atoms with E-state index in [9.17, 15) is 18.8 Å². The van der Waals surface area contributed by atoms with Crippen LogP contribution in [0.5, 0.6) is 5.88 Å². The molecule has 0 saturated carbocycles. The highest BCUT2D eigenvalue weighted by Crippen LogP contribution is 2.48. The summed E-state index contributed by atoms with van der Waals surface area (Å²) in [4.78, 5) is 41.7. The van der Waals surface area contributed by atoms with Gasteiger partial charge in [-0.25, -0.2) is 9.18 Å². The van der Waals surface area contributed by atoms with Gasteiger partial charge in [-0.05, 0) is 23.1 Å². The smallest absolute Gasteiger partial charge is 0.328 e. The number of ketones is 1. The molecule has 1 aliphatic carbocycles. The monoisotopic (exact) mass is 356 g/mol. The Morgan fingerprint density at radius 1 is 1.08 bits per heavy atom. The number of nitrogens with one attached hydrogen (secondary N) is 2. The van der Waals surface area contributed by atoms with Crippen LogP contribution >= 0.6 is 0 Å². The number of ether oxygens (including phenoxy) is 1. The summed E-state index contributed by atoms with van der Waals surface area (Å²) in [5.74, 6) is -0.742. The first-order valence-corrected chi connectivity index (χ1v) is 8.31. The topological polar surface area (TPSA) is 92.0 Å². The van der Waals surface area contributed by atoms with E-state index >= 15 is 0 Å². The third-order valence-electron chi connectivity index (χ3n) is 4.83. The van der Waals surface area contributed by atoms with E-state index in [1.54, 1.807) is 0 Å². The van der Waals surface area contributed by atoms with Gasteiger partial charge in [-0.2, -0.15) is 0 Å². The fourth-order valence-corrected chi connectivity index (χ4v) is 3.76. The van der Waals surface area contributed by atoms with Gasteiger partial charge in [-0.1, -0.05) is 26.0 Å².